The van der Waals surface area contributed by atoms with Gasteiger partial charge in [-0.1, -0.05) is 0 Å². The molecule has 0 spiro atoms. The van der Waals surface area contributed by atoms with Crippen LogP contribution in [0.1, 0.15) is 19.3 Å². The summed E-state index contributed by atoms with van der Waals surface area (Å²) in [4.78, 5) is 31.3. The lowest BCUT2D eigenvalue weighted by molar-refractivity contribution is -0.137. The van der Waals surface area contributed by atoms with Crippen LogP contribution in [0.25, 0.3) is 0 Å². The maximum atomic E-state index is 10.8. The quantitative estimate of drug-likeness (QED) is 0.655. The SMILES string of the molecule is COC(=O)NC(=O)CCCC(=O)O. The summed E-state index contributed by atoms with van der Waals surface area (Å²) in [5.41, 5.74) is 0. The number of carbonyl (C=O) groups is 3. The molecule has 0 saturated heterocycles. The molecule has 0 aromatic rings. The second-order valence-electron chi connectivity index (χ2n) is 2.29. The van der Waals surface area contributed by atoms with Crippen molar-refractivity contribution in [2.75, 3.05) is 7.11 Å². The Bertz CT molecular complexity index is 213. The lowest BCUT2D eigenvalue weighted by Gasteiger charge is -2.00. The van der Waals surface area contributed by atoms with Gasteiger partial charge in [-0.25, -0.2) is 4.79 Å². The summed E-state index contributed by atoms with van der Waals surface area (Å²) < 4.78 is 4.16. The Morgan fingerprint density at radius 2 is 1.92 bits per heavy atom. The van der Waals surface area contributed by atoms with Crippen LogP contribution in [-0.2, 0) is 14.3 Å². The van der Waals surface area contributed by atoms with Gasteiger partial charge in [0.15, 0.2) is 0 Å². The van der Waals surface area contributed by atoms with Gasteiger partial charge in [-0.05, 0) is 6.42 Å². The van der Waals surface area contributed by atoms with Crippen LogP contribution in [0.4, 0.5) is 4.79 Å². The number of aliphatic carboxylic acids is 1. The maximum Gasteiger partial charge on any atom is 0.413 e. The number of ether oxygens (including phenoxy) is 1. The molecule has 0 saturated carbocycles. The topological polar surface area (TPSA) is 92.7 Å². The van der Waals surface area contributed by atoms with E-state index in [0.717, 1.165) is 7.11 Å². The van der Waals surface area contributed by atoms with Gasteiger partial charge in [0.05, 0.1) is 7.11 Å². The zero-order chi connectivity index (χ0) is 10.3. The molecule has 2 N–H and O–H groups in total. The number of nitrogens with one attached hydrogen (secondary N) is 1. The molecule has 0 unspecified atom stereocenters. The van der Waals surface area contributed by atoms with Crippen LogP contribution in [0.2, 0.25) is 0 Å². The number of carboxylic acid groups (broad SMARTS) is 1. The fourth-order valence-electron chi connectivity index (χ4n) is 0.628. The Kier molecular flexibility index (Phi) is 5.25. The number of amides is 2. The average Bonchev–Trinajstić information content (AvgIpc) is 2.03. The molecule has 0 aliphatic heterocycles. The van der Waals surface area contributed by atoms with Crippen molar-refractivity contribution in [3.8, 4) is 0 Å². The first-order valence-electron chi connectivity index (χ1n) is 3.66. The van der Waals surface area contributed by atoms with Gasteiger partial charge >= 0.3 is 12.1 Å². The lowest BCUT2D eigenvalue weighted by atomic mass is 10.2. The van der Waals surface area contributed by atoms with Crippen LogP contribution < -0.4 is 5.32 Å². The average molecular weight is 189 g/mol. The van der Waals surface area contributed by atoms with Gasteiger partial charge in [0.25, 0.3) is 0 Å². The summed E-state index contributed by atoms with van der Waals surface area (Å²) in [7, 11) is 1.14. The summed E-state index contributed by atoms with van der Waals surface area (Å²) in [6.07, 6.45) is -0.714. The van der Waals surface area contributed by atoms with E-state index >= 15 is 0 Å². The van der Waals surface area contributed by atoms with Crippen molar-refractivity contribution in [1.29, 1.82) is 0 Å². The summed E-state index contributed by atoms with van der Waals surface area (Å²) in [5.74, 6) is -1.50. The van der Waals surface area contributed by atoms with Crippen LogP contribution >= 0.6 is 0 Å². The molecule has 0 aliphatic carbocycles. The van der Waals surface area contributed by atoms with Gasteiger partial charge in [0, 0.05) is 12.8 Å². The van der Waals surface area contributed by atoms with Crippen LogP contribution in [0.15, 0.2) is 0 Å². The van der Waals surface area contributed by atoms with E-state index in [4.69, 9.17) is 5.11 Å². The predicted molar refractivity (Wildman–Crippen MR) is 42.0 cm³/mol. The second-order valence-corrected chi connectivity index (χ2v) is 2.29. The van der Waals surface area contributed by atoms with Crippen LogP contribution in [0.5, 0.6) is 0 Å². The smallest absolute Gasteiger partial charge is 0.413 e. The van der Waals surface area contributed by atoms with E-state index in [2.05, 4.69) is 4.74 Å². The molecule has 13 heavy (non-hydrogen) atoms. The first-order chi connectivity index (χ1) is 6.06. The number of rotatable bonds is 4. The predicted octanol–water partition coefficient (Wildman–Crippen LogP) is 0.124. The molecule has 0 heterocycles. The summed E-state index contributed by atoms with van der Waals surface area (Å²) >= 11 is 0. The zero-order valence-corrected chi connectivity index (χ0v) is 7.20. The van der Waals surface area contributed by atoms with E-state index in [0.29, 0.717) is 0 Å². The van der Waals surface area contributed by atoms with Crippen LogP contribution in [0.3, 0.4) is 0 Å². The number of alkyl carbamates (subject to hydrolysis) is 1. The summed E-state index contributed by atoms with van der Waals surface area (Å²) in [6, 6.07) is 0. The van der Waals surface area contributed by atoms with Gasteiger partial charge in [0.2, 0.25) is 5.91 Å². The molecule has 0 radical (unpaired) electrons. The van der Waals surface area contributed by atoms with E-state index in [1.54, 1.807) is 0 Å². The van der Waals surface area contributed by atoms with E-state index in [9.17, 15) is 14.4 Å². The normalized spacial score (nSPS) is 9.00. The Morgan fingerprint density at radius 1 is 1.31 bits per heavy atom. The van der Waals surface area contributed by atoms with Crippen molar-refractivity contribution >= 4 is 18.0 Å². The highest BCUT2D eigenvalue weighted by atomic mass is 16.5. The third kappa shape index (κ3) is 6.79. The van der Waals surface area contributed by atoms with Gasteiger partial charge in [0.1, 0.15) is 0 Å². The molecule has 6 heteroatoms. The first kappa shape index (κ1) is 11.4. The molecule has 2 amide bonds. The van der Waals surface area contributed by atoms with Gasteiger partial charge in [-0.3, -0.25) is 14.9 Å². The molecule has 74 valence electrons. The molecule has 0 bridgehead atoms. The summed E-state index contributed by atoms with van der Waals surface area (Å²) in [6.45, 7) is 0. The second kappa shape index (κ2) is 5.99. The van der Waals surface area contributed by atoms with Crippen molar-refractivity contribution in [1.82, 2.24) is 5.32 Å². The highest BCUT2D eigenvalue weighted by molar-refractivity contribution is 5.91. The number of hydrogen-bond donors (Lipinski definition) is 2. The minimum atomic E-state index is -0.967. The van der Waals surface area contributed by atoms with E-state index in [1.807, 2.05) is 5.32 Å². The lowest BCUT2D eigenvalue weighted by Crippen LogP contribution is -2.29. The number of carbonyl (C=O) groups excluding carboxylic acids is 2. The molecule has 0 atom stereocenters. The highest BCUT2D eigenvalue weighted by Gasteiger charge is 2.07. The third-order valence-electron chi connectivity index (χ3n) is 1.22. The Hall–Kier alpha value is -1.59. The fraction of sp³-hybridized carbons (Fsp3) is 0.571. The maximum absolute atomic E-state index is 10.8. The van der Waals surface area contributed by atoms with Gasteiger partial charge in [-0.15, -0.1) is 0 Å². The monoisotopic (exact) mass is 189 g/mol. The molecule has 0 aliphatic rings. The molecule has 6 nitrogen and oxygen atoms in total. The third-order valence-corrected chi connectivity index (χ3v) is 1.22. The molecule has 0 rings (SSSR count). The first-order valence-corrected chi connectivity index (χ1v) is 3.66. The Balaban J connectivity index is 3.52. The summed E-state index contributed by atoms with van der Waals surface area (Å²) in [5, 5.41) is 10.1. The largest absolute Gasteiger partial charge is 0.481 e. The van der Waals surface area contributed by atoms with E-state index in [-0.39, 0.29) is 19.3 Å². The Morgan fingerprint density at radius 3 is 2.38 bits per heavy atom. The van der Waals surface area contributed by atoms with E-state index in [1.165, 1.54) is 0 Å². The zero-order valence-electron chi connectivity index (χ0n) is 7.20. The minimum Gasteiger partial charge on any atom is -0.481 e. The van der Waals surface area contributed by atoms with Crippen molar-refractivity contribution in [3.63, 3.8) is 0 Å². The van der Waals surface area contributed by atoms with Crippen molar-refractivity contribution < 1.29 is 24.2 Å². The molecule has 0 aromatic heterocycles. The van der Waals surface area contributed by atoms with Gasteiger partial charge in [-0.2, -0.15) is 0 Å². The number of imide groups is 1. The standard InChI is InChI=1S/C7H11NO5/c1-13-7(12)8-5(9)3-2-4-6(10)11/h2-4H2,1H3,(H,10,11)(H,8,9,12). The molecule has 0 aromatic carbocycles. The van der Waals surface area contributed by atoms with Gasteiger partial charge < -0.3 is 9.84 Å². The van der Waals surface area contributed by atoms with Crippen molar-refractivity contribution in [2.24, 2.45) is 0 Å². The fourth-order valence-corrected chi connectivity index (χ4v) is 0.628. The van der Waals surface area contributed by atoms with Crippen molar-refractivity contribution in [3.05, 3.63) is 0 Å². The van der Waals surface area contributed by atoms with Crippen LogP contribution in [-0.4, -0.2) is 30.2 Å². The Labute approximate surface area is 74.9 Å². The number of carboxylic acids is 1. The highest BCUT2D eigenvalue weighted by Crippen LogP contribution is 1.94. The number of methoxy groups -OCH3 is 1. The number of hydrogen-bond acceptors (Lipinski definition) is 4. The molecular weight excluding hydrogens is 178 g/mol. The van der Waals surface area contributed by atoms with Crippen molar-refractivity contribution in [2.45, 2.75) is 19.3 Å². The minimum absolute atomic E-state index is 0.00139. The van der Waals surface area contributed by atoms with Crippen LogP contribution in [0, 0.1) is 0 Å². The van der Waals surface area contributed by atoms with E-state index < -0.39 is 18.0 Å². The molecular formula is C7H11NO5. The molecule has 0 fully saturated rings.